The predicted molar refractivity (Wildman–Crippen MR) is 70.8 cm³/mol. The van der Waals surface area contributed by atoms with Crippen molar-refractivity contribution in [1.82, 2.24) is 5.32 Å². The number of aliphatic carboxylic acids is 1. The first kappa shape index (κ1) is 14.5. The van der Waals surface area contributed by atoms with Gasteiger partial charge in [-0.3, -0.25) is 4.79 Å². The third-order valence-electron chi connectivity index (χ3n) is 3.34. The highest BCUT2D eigenvalue weighted by Crippen LogP contribution is 2.35. The summed E-state index contributed by atoms with van der Waals surface area (Å²) in [5, 5.41) is 20.4. The van der Waals surface area contributed by atoms with Crippen molar-refractivity contribution in [2.24, 2.45) is 0 Å². The minimum atomic E-state index is -3.47. The molecule has 20 heavy (non-hydrogen) atoms. The summed E-state index contributed by atoms with van der Waals surface area (Å²) in [5.41, 5.74) is -0.537. The van der Waals surface area contributed by atoms with E-state index in [0.717, 1.165) is 0 Å². The maximum atomic E-state index is 12.0. The summed E-state index contributed by atoms with van der Waals surface area (Å²) in [4.78, 5) is 11.1. The fourth-order valence-electron chi connectivity index (χ4n) is 1.87. The number of carboxylic acids is 1. The van der Waals surface area contributed by atoms with Crippen molar-refractivity contribution in [3.63, 3.8) is 0 Å². The fourth-order valence-corrected chi connectivity index (χ4v) is 3.03. The summed E-state index contributed by atoms with van der Waals surface area (Å²) in [6.07, 6.45) is 1.05. The Labute approximate surface area is 117 Å². The number of nitrogens with one attached hydrogen (secondary N) is 1. The first-order valence-corrected chi connectivity index (χ1v) is 7.76. The molecule has 1 aliphatic carbocycles. The molecule has 2 rings (SSSR count). The third kappa shape index (κ3) is 2.98. The van der Waals surface area contributed by atoms with Crippen molar-refractivity contribution in [3.8, 4) is 6.07 Å². The van der Waals surface area contributed by atoms with Gasteiger partial charge >= 0.3 is 5.97 Å². The predicted octanol–water partition coefficient (Wildman–Crippen LogP) is 0.539. The van der Waals surface area contributed by atoms with Gasteiger partial charge in [0.05, 0.1) is 22.3 Å². The van der Waals surface area contributed by atoms with Crippen LogP contribution in [0.2, 0.25) is 0 Å². The van der Waals surface area contributed by atoms with Crippen LogP contribution in [0.15, 0.2) is 29.2 Å². The van der Waals surface area contributed by atoms with Gasteiger partial charge in [-0.15, -0.1) is 0 Å². The van der Waals surface area contributed by atoms with Crippen LogP contribution in [-0.4, -0.2) is 37.3 Å². The van der Waals surface area contributed by atoms with Crippen molar-refractivity contribution < 1.29 is 18.3 Å². The van der Waals surface area contributed by atoms with Crippen LogP contribution in [0.3, 0.4) is 0 Å². The van der Waals surface area contributed by atoms with Crippen LogP contribution >= 0.6 is 0 Å². The van der Waals surface area contributed by atoms with Crippen molar-refractivity contribution in [1.29, 1.82) is 5.26 Å². The Morgan fingerprint density at radius 3 is 2.40 bits per heavy atom. The van der Waals surface area contributed by atoms with Crippen LogP contribution < -0.4 is 5.32 Å². The molecule has 0 amide bonds. The van der Waals surface area contributed by atoms with Gasteiger partial charge in [-0.05, 0) is 37.1 Å². The van der Waals surface area contributed by atoms with E-state index in [1.807, 2.05) is 6.07 Å². The van der Waals surface area contributed by atoms with Crippen LogP contribution in [0.25, 0.3) is 0 Å². The molecular formula is C13H14N2O4S. The van der Waals surface area contributed by atoms with Crippen LogP contribution in [0.4, 0.5) is 0 Å². The lowest BCUT2D eigenvalue weighted by molar-refractivity contribution is -0.140. The van der Waals surface area contributed by atoms with E-state index in [9.17, 15) is 13.2 Å². The summed E-state index contributed by atoms with van der Waals surface area (Å²) in [6, 6.07) is 7.58. The first-order valence-electron chi connectivity index (χ1n) is 6.11. The molecule has 0 saturated heterocycles. The van der Waals surface area contributed by atoms with Gasteiger partial charge in [0.1, 0.15) is 5.54 Å². The van der Waals surface area contributed by atoms with Crippen molar-refractivity contribution in [2.75, 3.05) is 12.3 Å². The van der Waals surface area contributed by atoms with Crippen LogP contribution in [0.1, 0.15) is 18.4 Å². The quantitative estimate of drug-likeness (QED) is 0.793. The molecule has 0 spiro atoms. The zero-order valence-corrected chi connectivity index (χ0v) is 11.5. The highest BCUT2D eigenvalue weighted by molar-refractivity contribution is 7.91. The molecule has 0 aromatic heterocycles. The van der Waals surface area contributed by atoms with E-state index in [1.54, 1.807) is 0 Å². The van der Waals surface area contributed by atoms with Crippen molar-refractivity contribution in [3.05, 3.63) is 29.8 Å². The Balaban J connectivity index is 1.97. The molecule has 6 nitrogen and oxygen atoms in total. The standard InChI is InChI=1S/C13H14N2O4S/c14-9-10-1-3-11(4-2-10)20(18,19)8-7-15-13(5-6-13)12(16)17/h1-4,15H,5-8H2,(H,16,17). The minimum Gasteiger partial charge on any atom is -0.480 e. The molecule has 1 fully saturated rings. The summed E-state index contributed by atoms with van der Waals surface area (Å²) >= 11 is 0. The Morgan fingerprint density at radius 1 is 1.35 bits per heavy atom. The molecule has 0 atom stereocenters. The first-order chi connectivity index (χ1) is 9.39. The van der Waals surface area contributed by atoms with E-state index in [1.165, 1.54) is 24.3 Å². The van der Waals surface area contributed by atoms with Gasteiger partial charge in [-0.1, -0.05) is 0 Å². The number of carbonyl (C=O) groups is 1. The molecular weight excluding hydrogens is 280 g/mol. The van der Waals surface area contributed by atoms with E-state index < -0.39 is 21.3 Å². The molecule has 1 aromatic carbocycles. The molecule has 0 unspecified atom stereocenters. The van der Waals surface area contributed by atoms with E-state index >= 15 is 0 Å². The zero-order valence-electron chi connectivity index (χ0n) is 10.7. The average molecular weight is 294 g/mol. The molecule has 1 aliphatic rings. The molecule has 0 radical (unpaired) electrons. The lowest BCUT2D eigenvalue weighted by Crippen LogP contribution is -2.41. The molecule has 7 heteroatoms. The van der Waals surface area contributed by atoms with Gasteiger partial charge in [0.2, 0.25) is 0 Å². The minimum absolute atomic E-state index is 0.0919. The van der Waals surface area contributed by atoms with Gasteiger partial charge in [-0.25, -0.2) is 8.42 Å². The molecule has 1 saturated carbocycles. The highest BCUT2D eigenvalue weighted by atomic mass is 32.2. The third-order valence-corrected chi connectivity index (χ3v) is 5.07. The fraction of sp³-hybridized carbons (Fsp3) is 0.385. The second kappa shape index (κ2) is 5.23. The largest absolute Gasteiger partial charge is 0.480 e. The van der Waals surface area contributed by atoms with Crippen LogP contribution in [0, 0.1) is 11.3 Å². The second-order valence-corrected chi connectivity index (χ2v) is 6.88. The lowest BCUT2D eigenvalue weighted by Gasteiger charge is -2.12. The number of rotatable bonds is 6. The number of hydrogen-bond donors (Lipinski definition) is 2. The lowest BCUT2D eigenvalue weighted by atomic mass is 10.2. The van der Waals surface area contributed by atoms with E-state index in [-0.39, 0.29) is 17.2 Å². The molecule has 0 bridgehead atoms. The normalized spacial score (nSPS) is 16.4. The monoisotopic (exact) mass is 294 g/mol. The summed E-state index contributed by atoms with van der Waals surface area (Å²) in [7, 11) is -3.47. The smallest absolute Gasteiger partial charge is 0.323 e. The Bertz CT molecular complexity index is 655. The van der Waals surface area contributed by atoms with Crippen molar-refractivity contribution in [2.45, 2.75) is 23.3 Å². The highest BCUT2D eigenvalue weighted by Gasteiger charge is 2.49. The molecule has 0 aliphatic heterocycles. The number of carboxylic acid groups (broad SMARTS) is 1. The SMILES string of the molecule is N#Cc1ccc(S(=O)(=O)CCNC2(C(=O)O)CC2)cc1. The Hall–Kier alpha value is -1.91. The molecule has 1 aromatic rings. The van der Waals surface area contributed by atoms with Gasteiger partial charge in [0.15, 0.2) is 9.84 Å². The van der Waals surface area contributed by atoms with Crippen molar-refractivity contribution >= 4 is 15.8 Å². The maximum absolute atomic E-state index is 12.0. The van der Waals surface area contributed by atoms with Gasteiger partial charge in [0.25, 0.3) is 0 Å². The molecule has 106 valence electrons. The molecule has 2 N–H and O–H groups in total. The Morgan fingerprint density at radius 2 is 1.95 bits per heavy atom. The number of nitriles is 1. The number of nitrogens with zero attached hydrogens (tertiary/aromatic N) is 1. The summed E-state index contributed by atoms with van der Waals surface area (Å²) < 4.78 is 24.1. The summed E-state index contributed by atoms with van der Waals surface area (Å²) in [5.74, 6) is -1.11. The Kier molecular flexibility index (Phi) is 3.79. The number of hydrogen-bond acceptors (Lipinski definition) is 5. The topological polar surface area (TPSA) is 107 Å². The van der Waals surface area contributed by atoms with Gasteiger partial charge < -0.3 is 10.4 Å². The van der Waals surface area contributed by atoms with Crippen LogP contribution in [0.5, 0.6) is 0 Å². The van der Waals surface area contributed by atoms with Gasteiger partial charge in [0, 0.05) is 6.54 Å². The van der Waals surface area contributed by atoms with Gasteiger partial charge in [-0.2, -0.15) is 5.26 Å². The number of sulfone groups is 1. The zero-order chi connectivity index (χ0) is 14.8. The molecule has 0 heterocycles. The van der Waals surface area contributed by atoms with E-state index in [2.05, 4.69) is 5.32 Å². The van der Waals surface area contributed by atoms with E-state index in [0.29, 0.717) is 18.4 Å². The van der Waals surface area contributed by atoms with Crippen LogP contribution in [-0.2, 0) is 14.6 Å². The maximum Gasteiger partial charge on any atom is 0.323 e. The number of benzene rings is 1. The average Bonchev–Trinajstić information content (AvgIpc) is 3.20. The van der Waals surface area contributed by atoms with E-state index in [4.69, 9.17) is 10.4 Å². The second-order valence-electron chi connectivity index (χ2n) is 4.77. The summed E-state index contributed by atoms with van der Waals surface area (Å²) in [6.45, 7) is 0.0919.